The molecule has 8 heterocycles. The highest BCUT2D eigenvalue weighted by Crippen LogP contribution is 2.52. The maximum absolute atomic E-state index is 14.3. The van der Waals surface area contributed by atoms with Crippen LogP contribution in [0.1, 0.15) is 211 Å². The number of cyclic esters (lactones) is 2. The van der Waals surface area contributed by atoms with Gasteiger partial charge in [-0.3, -0.25) is 14.5 Å². The molecule has 0 saturated carbocycles. The second-order valence-electron chi connectivity index (χ2n) is 33.9. The van der Waals surface area contributed by atoms with E-state index in [1.165, 1.54) is 35.0 Å². The molecule has 0 spiro atoms. The molecular weight excluding hydrogens is 1350 g/mol. The molecule has 8 saturated heterocycles. The minimum Gasteiger partial charge on any atom is -0.459 e. The van der Waals surface area contributed by atoms with Crippen molar-refractivity contribution in [2.45, 2.75) is 397 Å². The van der Waals surface area contributed by atoms with Gasteiger partial charge in [-0.1, -0.05) is 55.4 Å². The molecule has 4 bridgehead atoms. The van der Waals surface area contributed by atoms with Crippen LogP contribution in [-0.4, -0.2) is 273 Å². The highest BCUT2D eigenvalue weighted by atomic mass is 16.7. The summed E-state index contributed by atoms with van der Waals surface area (Å²) in [5, 5.41) is 101. The summed E-state index contributed by atoms with van der Waals surface area (Å²) < 4.78 is 90.2. The third kappa shape index (κ3) is 19.3. The average Bonchev–Trinajstić information content (AvgIpc) is 1.62. The zero-order valence-corrected chi connectivity index (χ0v) is 67.7. The molecule has 8 aliphatic heterocycles. The van der Waals surface area contributed by atoms with Gasteiger partial charge in [-0.05, 0) is 161 Å². The first-order valence-electron chi connectivity index (χ1n) is 38.5. The van der Waals surface area contributed by atoms with Crippen molar-refractivity contribution in [1.82, 2.24) is 10.2 Å². The number of carbonyl (C=O) groups excluding carboxylic acids is 2. The van der Waals surface area contributed by atoms with E-state index in [0.717, 1.165) is 0 Å². The van der Waals surface area contributed by atoms with E-state index in [1.54, 1.807) is 68.5 Å². The Kier molecular flexibility index (Phi) is 31.6. The summed E-state index contributed by atoms with van der Waals surface area (Å²) in [5.41, 5.74) is -7.45. The van der Waals surface area contributed by atoms with Gasteiger partial charge in [-0.15, -0.1) is 0 Å². The van der Waals surface area contributed by atoms with Gasteiger partial charge < -0.3 is 112 Å². The molecule has 0 aliphatic carbocycles. The second kappa shape index (κ2) is 36.4. The number of methoxy groups -OCH3 is 2. The fourth-order valence-corrected chi connectivity index (χ4v) is 18.5. The third-order valence-electron chi connectivity index (χ3n) is 25.2. The maximum Gasteiger partial charge on any atom is 0.311 e. The summed E-state index contributed by atoms with van der Waals surface area (Å²) in [4.78, 5) is 30.7. The van der Waals surface area contributed by atoms with Crippen LogP contribution in [0.5, 0.6) is 0 Å². The van der Waals surface area contributed by atoms with Crippen molar-refractivity contribution < 1.29 is 117 Å². The van der Waals surface area contributed by atoms with Gasteiger partial charge in [0.25, 0.3) is 0 Å². The monoisotopic (exact) mass is 1490 g/mol. The zero-order chi connectivity index (χ0) is 78.8. The van der Waals surface area contributed by atoms with Crippen LogP contribution < -0.4 is 5.32 Å². The Morgan fingerprint density at radius 2 is 0.952 bits per heavy atom. The molecule has 8 rings (SSSR count). The predicted molar refractivity (Wildman–Crippen MR) is 384 cm³/mol. The molecular formula is C77H139N3O24. The Balaban J connectivity index is 0.000000315. The lowest BCUT2D eigenvalue weighted by molar-refractivity contribution is -0.318. The van der Waals surface area contributed by atoms with Gasteiger partial charge in [0.2, 0.25) is 0 Å². The Morgan fingerprint density at radius 1 is 0.596 bits per heavy atom. The standard InChI is InChI=1S/C39H71NO12.C36H65NO12.C2H3N/c1-15-27(41)39(12,45)34-22(6)30-20(4)17-38(11,52-30)33(51-36-29(42)26(16-21(5)47-36)40(13)19(2)3)23(7)31(24(8)35(44)50-34)49-28-18-37(10,46-14)32(43)25(9)48-28;1-13-24(38)36(10,42)31-19(4)27-17(2)15-35(9,49-27)30(48-33-26(39)23(37-11)14-18(3)44-33)20(5)28(21(6)32(41)47-31)46-25-16-34(8,43-12)29(40)22(7)45-25;1-2-3/h19-34,36,41-43,45H,15-18H2,1-14H3;17-31,33,37-40,42H,13-16H2,1-12H3;1H3/t20?,21?,22-,23-,24+,25?,26?,27+,28-,29?,30?,31+,32-,33+,34+,36-,37?,38-,39+;17?,18?,19-,20-,21+,22?,23?,24+,25-,26?,27?,28+,29-,30+,31+,33-,34?,35-,36+;/m00./s1. The van der Waals surface area contributed by atoms with Crippen molar-refractivity contribution in [2.24, 2.45) is 47.3 Å². The molecule has 27 heteroatoms. The SMILES string of the molecule is CC#N.CC[C@@H](O)[C@@](C)(O)[C@@H]1OC(=O)[C@H](C)[C@H](O[C@H]2CC(C)(OC)[C@@H](O)C(C)O2)[C@H](C)[C@@H](O[C@@H]2OC(C)CC(N(C)C(C)C)C2O)[C@]2(C)CC(C)C(O2)[C@@H]1C.CC[C@@H](O)[C@@](C)(O)[C@@H]1OC(=O)[C@H](C)[C@H](O[C@H]2CC(C)(OC)[C@@H](O)C(C)O2)[C@H](C)[C@@H](O[C@@H]2OC(C)CC(NC)C2O)[C@]2(C)CC(C)C(O2)[C@@H]1C. The van der Waals surface area contributed by atoms with Gasteiger partial charge in [0.05, 0.1) is 114 Å². The topological polar surface area (TPSA) is 364 Å². The lowest BCUT2D eigenvalue weighted by Crippen LogP contribution is -2.61. The molecule has 0 amide bonds. The molecule has 9 N–H and O–H groups in total. The number of nitrogens with zero attached hydrogens (tertiary/aromatic N) is 2. The quantitative estimate of drug-likeness (QED) is 0.0649. The van der Waals surface area contributed by atoms with Crippen molar-refractivity contribution in [3.05, 3.63) is 0 Å². The summed E-state index contributed by atoms with van der Waals surface area (Å²) in [6.45, 7) is 42.2. The Bertz CT molecular complexity index is 2750. The minimum absolute atomic E-state index is 0.0575. The minimum atomic E-state index is -1.79. The summed E-state index contributed by atoms with van der Waals surface area (Å²) in [6, 6.07) is 1.44. The van der Waals surface area contributed by atoms with E-state index in [9.17, 15) is 50.4 Å². The molecule has 0 radical (unpaired) electrons. The summed E-state index contributed by atoms with van der Waals surface area (Å²) >= 11 is 0. The highest BCUT2D eigenvalue weighted by molar-refractivity contribution is 5.73. The van der Waals surface area contributed by atoms with Crippen LogP contribution in [0, 0.1) is 58.7 Å². The first kappa shape index (κ1) is 90.4. The number of esters is 2. The molecule has 8 fully saturated rings. The second-order valence-corrected chi connectivity index (χ2v) is 33.9. The first-order valence-corrected chi connectivity index (χ1v) is 38.5. The Morgan fingerprint density at radius 3 is 1.29 bits per heavy atom. The van der Waals surface area contributed by atoms with Crippen molar-refractivity contribution in [2.75, 3.05) is 28.3 Å². The van der Waals surface area contributed by atoms with Crippen LogP contribution in [0.2, 0.25) is 0 Å². The normalized spacial score (nSPS) is 47.8. The number of ether oxygens (including phenoxy) is 14. The fraction of sp³-hybridized carbons (Fsp3) is 0.961. The van der Waals surface area contributed by atoms with Gasteiger partial charge in [0, 0.05) is 75.8 Å². The van der Waals surface area contributed by atoms with E-state index in [0.29, 0.717) is 25.7 Å². The van der Waals surface area contributed by atoms with E-state index in [4.69, 9.17) is 71.6 Å². The lowest BCUT2D eigenvalue weighted by atomic mass is 9.76. The number of fused-ring (bicyclic) bond motifs is 4. The van der Waals surface area contributed by atoms with Crippen LogP contribution >= 0.6 is 0 Å². The number of nitrogens with one attached hydrogen (secondary N) is 1. The van der Waals surface area contributed by atoms with Gasteiger partial charge in [-0.25, -0.2) is 0 Å². The number of rotatable bonds is 19. The van der Waals surface area contributed by atoms with E-state index in [2.05, 4.69) is 37.9 Å². The smallest absolute Gasteiger partial charge is 0.311 e. The van der Waals surface area contributed by atoms with Gasteiger partial charge in [0.1, 0.15) is 47.8 Å². The van der Waals surface area contributed by atoms with Crippen molar-refractivity contribution in [3.8, 4) is 6.07 Å². The van der Waals surface area contributed by atoms with Gasteiger partial charge in [-0.2, -0.15) is 5.26 Å². The van der Waals surface area contributed by atoms with Crippen LogP contribution in [-0.2, 0) is 75.9 Å². The molecule has 38 atom stereocenters. The van der Waals surface area contributed by atoms with E-state index in [1.807, 2.05) is 62.4 Å². The molecule has 0 aromatic heterocycles. The van der Waals surface area contributed by atoms with Crippen LogP contribution in [0.4, 0.5) is 0 Å². The molecule has 0 aromatic rings. The van der Waals surface area contributed by atoms with E-state index in [-0.39, 0.29) is 67.9 Å². The lowest BCUT2D eigenvalue weighted by Gasteiger charge is -2.49. The zero-order valence-electron chi connectivity index (χ0n) is 67.7. The Labute approximate surface area is 620 Å². The number of hydrogen-bond donors (Lipinski definition) is 9. The number of nitriles is 1. The van der Waals surface area contributed by atoms with Gasteiger partial charge in [0.15, 0.2) is 25.2 Å². The number of carbonyl (C=O) groups is 2. The summed E-state index contributed by atoms with van der Waals surface area (Å²) in [5.74, 6) is -5.37. The van der Waals surface area contributed by atoms with E-state index < -0.39 is 204 Å². The van der Waals surface area contributed by atoms with Crippen molar-refractivity contribution in [3.63, 3.8) is 0 Å². The largest absolute Gasteiger partial charge is 0.459 e. The van der Waals surface area contributed by atoms with Crippen LogP contribution in [0.3, 0.4) is 0 Å². The highest BCUT2D eigenvalue weighted by Gasteiger charge is 2.62. The van der Waals surface area contributed by atoms with Crippen LogP contribution in [0.25, 0.3) is 0 Å². The maximum atomic E-state index is 14.3. The predicted octanol–water partition coefficient (Wildman–Crippen LogP) is 6.21. The molecule has 27 nitrogen and oxygen atoms in total. The first-order chi connectivity index (χ1) is 48.2. The molecule has 8 aliphatic rings. The summed E-state index contributed by atoms with van der Waals surface area (Å²) in [7, 11) is 6.85. The molecule has 14 unspecified atom stereocenters. The van der Waals surface area contributed by atoms with Crippen molar-refractivity contribution in [1.29, 1.82) is 5.26 Å². The average molecular weight is 1490 g/mol. The molecule has 0 aromatic carbocycles. The Hall–Kier alpha value is -2.45. The molecule has 104 heavy (non-hydrogen) atoms. The van der Waals surface area contributed by atoms with E-state index >= 15 is 0 Å². The fourth-order valence-electron chi connectivity index (χ4n) is 18.5. The third-order valence-corrected chi connectivity index (χ3v) is 25.2. The summed E-state index contributed by atoms with van der Waals surface area (Å²) in [6.07, 6.45) is -14.8. The van der Waals surface area contributed by atoms with Gasteiger partial charge >= 0.3 is 11.9 Å². The number of hydrogen-bond acceptors (Lipinski definition) is 27. The number of likely N-dealkylation sites (N-methyl/N-ethyl adjacent to an activating group) is 2. The van der Waals surface area contributed by atoms with Crippen LogP contribution in [0.15, 0.2) is 0 Å². The molecule has 606 valence electrons. The number of aliphatic hydroxyl groups is 8. The number of aliphatic hydroxyl groups excluding tert-OH is 6. The van der Waals surface area contributed by atoms with Crippen molar-refractivity contribution >= 4 is 11.9 Å².